The van der Waals surface area contributed by atoms with Gasteiger partial charge in [0, 0.05) is 17.5 Å². The van der Waals surface area contributed by atoms with E-state index in [4.69, 9.17) is 14.6 Å². The van der Waals surface area contributed by atoms with Crippen LogP contribution in [0.4, 0.5) is 0 Å². The molecule has 1 aromatic heterocycles. The maximum atomic E-state index is 9.85. The largest absolute Gasteiger partial charge is 0.508 e. The Kier molecular flexibility index (Phi) is 3.79. The molecule has 0 fully saturated rings. The van der Waals surface area contributed by atoms with Gasteiger partial charge in [0.25, 0.3) is 0 Å². The van der Waals surface area contributed by atoms with Crippen LogP contribution in [0.2, 0.25) is 0 Å². The van der Waals surface area contributed by atoms with E-state index in [0.29, 0.717) is 0 Å². The molecule has 3 aromatic rings. The highest BCUT2D eigenvalue weighted by Crippen LogP contribution is 2.51. The van der Waals surface area contributed by atoms with E-state index in [1.807, 2.05) is 40.7 Å². The van der Waals surface area contributed by atoms with Gasteiger partial charge in [0.15, 0.2) is 11.5 Å². The van der Waals surface area contributed by atoms with Crippen molar-refractivity contribution >= 4 is 17.0 Å². The fraction of sp³-hybridized carbons (Fsp3) is 0.190. The molecule has 2 aromatic carbocycles. The lowest BCUT2D eigenvalue weighted by Gasteiger charge is -2.38. The number of aromatic hydroxyl groups is 1. The second-order valence-electron chi connectivity index (χ2n) is 6.56. The van der Waals surface area contributed by atoms with Gasteiger partial charge >= 0.3 is 0 Å². The van der Waals surface area contributed by atoms with Gasteiger partial charge < -0.3 is 14.6 Å². The molecule has 1 N–H and O–H groups in total. The number of hydrogen-bond acceptors (Lipinski definition) is 6. The molecule has 0 unspecified atom stereocenters. The minimum absolute atomic E-state index is 0.0632. The zero-order valence-corrected chi connectivity index (χ0v) is 15.5. The van der Waals surface area contributed by atoms with Crippen molar-refractivity contribution in [2.24, 2.45) is 5.10 Å². The van der Waals surface area contributed by atoms with E-state index in [-0.39, 0.29) is 18.0 Å². The number of fused-ring (bicyclic) bond motifs is 3. The number of methoxy groups -OCH3 is 1. The Hall–Kier alpha value is -2.99. The first-order chi connectivity index (χ1) is 13.2. The zero-order chi connectivity index (χ0) is 18.4. The van der Waals surface area contributed by atoms with Crippen molar-refractivity contribution in [3.8, 4) is 17.2 Å². The number of thiophene rings is 1. The third-order valence-electron chi connectivity index (χ3n) is 4.97. The van der Waals surface area contributed by atoms with Gasteiger partial charge in [0.1, 0.15) is 5.75 Å². The van der Waals surface area contributed by atoms with E-state index in [0.717, 1.165) is 39.6 Å². The van der Waals surface area contributed by atoms with E-state index in [1.54, 1.807) is 30.6 Å². The van der Waals surface area contributed by atoms with Gasteiger partial charge in [-0.05, 0) is 29.6 Å². The average molecular weight is 378 g/mol. The third kappa shape index (κ3) is 2.64. The SMILES string of the molecule is COc1cccc2c1O[C@@H](c1cccs1)N1N=C(c3cccc(O)c3)C[C@H]21. The lowest BCUT2D eigenvalue weighted by molar-refractivity contribution is -0.0184. The number of phenols is 1. The Morgan fingerprint density at radius 2 is 2.07 bits per heavy atom. The molecule has 5 nitrogen and oxygen atoms in total. The molecule has 0 spiro atoms. The monoisotopic (exact) mass is 378 g/mol. The van der Waals surface area contributed by atoms with Gasteiger partial charge in [0.2, 0.25) is 6.23 Å². The first-order valence-corrected chi connectivity index (χ1v) is 9.65. The van der Waals surface area contributed by atoms with Crippen molar-refractivity contribution in [1.82, 2.24) is 5.01 Å². The maximum Gasteiger partial charge on any atom is 0.223 e. The molecule has 27 heavy (non-hydrogen) atoms. The highest BCUT2D eigenvalue weighted by Gasteiger charge is 2.42. The average Bonchev–Trinajstić information content (AvgIpc) is 3.37. The number of phenolic OH excluding ortho intramolecular Hbond substituents is 1. The van der Waals surface area contributed by atoms with Crippen molar-refractivity contribution in [2.45, 2.75) is 18.7 Å². The number of nitrogens with zero attached hydrogens (tertiary/aromatic N) is 2. The molecule has 0 radical (unpaired) electrons. The van der Waals surface area contributed by atoms with Gasteiger partial charge in [-0.2, -0.15) is 5.10 Å². The normalized spacial score (nSPS) is 20.5. The summed E-state index contributed by atoms with van der Waals surface area (Å²) in [4.78, 5) is 1.09. The molecule has 2 aliphatic rings. The first-order valence-electron chi connectivity index (χ1n) is 8.77. The van der Waals surface area contributed by atoms with Crippen LogP contribution in [0.3, 0.4) is 0 Å². The Labute approximate surface area is 161 Å². The van der Waals surface area contributed by atoms with Gasteiger partial charge in [-0.15, -0.1) is 11.3 Å². The maximum absolute atomic E-state index is 9.85. The van der Waals surface area contributed by atoms with E-state index in [2.05, 4.69) is 12.1 Å². The number of ether oxygens (including phenoxy) is 2. The molecule has 3 heterocycles. The minimum Gasteiger partial charge on any atom is -0.508 e. The highest BCUT2D eigenvalue weighted by molar-refractivity contribution is 7.10. The summed E-state index contributed by atoms with van der Waals surface area (Å²) in [6.45, 7) is 0. The number of hydrazone groups is 1. The molecule has 5 rings (SSSR count). The molecule has 0 saturated carbocycles. The minimum atomic E-state index is -0.298. The Bertz CT molecular complexity index is 1020. The molecule has 0 saturated heterocycles. The van der Waals surface area contributed by atoms with Crippen LogP contribution in [0.25, 0.3) is 0 Å². The number of hydrogen-bond donors (Lipinski definition) is 1. The molecule has 0 amide bonds. The molecule has 0 bridgehead atoms. The lowest BCUT2D eigenvalue weighted by atomic mass is 9.96. The zero-order valence-electron chi connectivity index (χ0n) is 14.7. The summed E-state index contributed by atoms with van der Waals surface area (Å²) in [6, 6.07) is 17.4. The summed E-state index contributed by atoms with van der Waals surface area (Å²) in [6.07, 6.45) is 0.447. The Morgan fingerprint density at radius 1 is 1.19 bits per heavy atom. The summed E-state index contributed by atoms with van der Waals surface area (Å²) >= 11 is 1.65. The summed E-state index contributed by atoms with van der Waals surface area (Å²) in [7, 11) is 1.66. The molecular formula is C21H18N2O3S. The molecule has 0 aliphatic carbocycles. The number of para-hydroxylation sites is 1. The summed E-state index contributed by atoms with van der Waals surface area (Å²) in [5, 5.41) is 18.8. The van der Waals surface area contributed by atoms with Crippen molar-refractivity contribution in [1.29, 1.82) is 0 Å². The summed E-state index contributed by atoms with van der Waals surface area (Å²) < 4.78 is 11.9. The Morgan fingerprint density at radius 3 is 2.85 bits per heavy atom. The van der Waals surface area contributed by atoms with Crippen LogP contribution in [-0.4, -0.2) is 22.9 Å². The van der Waals surface area contributed by atoms with Crippen LogP contribution in [0.15, 0.2) is 65.1 Å². The summed E-state index contributed by atoms with van der Waals surface area (Å²) in [5.41, 5.74) is 2.94. The second-order valence-corrected chi connectivity index (χ2v) is 7.54. The quantitative estimate of drug-likeness (QED) is 0.717. The molecule has 136 valence electrons. The molecule has 2 atom stereocenters. The summed E-state index contributed by atoms with van der Waals surface area (Å²) in [5.74, 6) is 1.76. The van der Waals surface area contributed by atoms with Crippen LogP contribution in [0.1, 0.15) is 34.7 Å². The fourth-order valence-electron chi connectivity index (χ4n) is 3.72. The van der Waals surface area contributed by atoms with Crippen molar-refractivity contribution in [3.63, 3.8) is 0 Å². The van der Waals surface area contributed by atoms with Gasteiger partial charge in [-0.1, -0.05) is 30.3 Å². The highest BCUT2D eigenvalue weighted by atomic mass is 32.1. The van der Waals surface area contributed by atoms with Crippen LogP contribution in [0, 0.1) is 0 Å². The molecule has 2 aliphatic heterocycles. The number of benzene rings is 2. The Balaban J connectivity index is 1.62. The second kappa shape index (κ2) is 6.32. The van der Waals surface area contributed by atoms with Crippen LogP contribution >= 0.6 is 11.3 Å². The smallest absolute Gasteiger partial charge is 0.223 e. The third-order valence-corrected chi connectivity index (χ3v) is 5.87. The van der Waals surface area contributed by atoms with Gasteiger partial charge in [0.05, 0.1) is 23.7 Å². The van der Waals surface area contributed by atoms with Crippen molar-refractivity contribution in [2.75, 3.05) is 7.11 Å². The topological polar surface area (TPSA) is 54.3 Å². The van der Waals surface area contributed by atoms with E-state index in [1.165, 1.54) is 0 Å². The van der Waals surface area contributed by atoms with Crippen LogP contribution in [-0.2, 0) is 0 Å². The van der Waals surface area contributed by atoms with Crippen molar-refractivity contribution in [3.05, 3.63) is 76.0 Å². The van der Waals surface area contributed by atoms with E-state index < -0.39 is 0 Å². The van der Waals surface area contributed by atoms with Gasteiger partial charge in [-0.25, -0.2) is 5.01 Å². The van der Waals surface area contributed by atoms with Crippen LogP contribution < -0.4 is 9.47 Å². The molecule has 6 heteroatoms. The lowest BCUT2D eigenvalue weighted by Crippen LogP contribution is -2.33. The van der Waals surface area contributed by atoms with Crippen LogP contribution in [0.5, 0.6) is 17.2 Å². The van der Waals surface area contributed by atoms with Gasteiger partial charge in [-0.3, -0.25) is 0 Å². The number of rotatable bonds is 3. The van der Waals surface area contributed by atoms with E-state index in [9.17, 15) is 5.11 Å². The standard InChI is InChI=1S/C21H18N2O3S/c1-25-18-8-3-7-15-17-12-16(13-5-2-6-14(24)11-13)22-23(17)21(26-20(15)18)19-9-4-10-27-19/h2-11,17,21,24H,12H2,1H3/t17-,21+/m1/s1. The van der Waals surface area contributed by atoms with E-state index >= 15 is 0 Å². The fourth-order valence-corrected chi connectivity index (χ4v) is 4.47. The van der Waals surface area contributed by atoms with Crippen molar-refractivity contribution < 1.29 is 14.6 Å². The predicted molar refractivity (Wildman–Crippen MR) is 105 cm³/mol. The molecular weight excluding hydrogens is 360 g/mol. The predicted octanol–water partition coefficient (Wildman–Crippen LogP) is 4.70. The first kappa shape index (κ1) is 16.2.